The van der Waals surface area contributed by atoms with Gasteiger partial charge in [-0.05, 0) is 18.6 Å². The highest BCUT2D eigenvalue weighted by Gasteiger charge is 2.24. The fourth-order valence-electron chi connectivity index (χ4n) is 2.88. The van der Waals surface area contributed by atoms with Crippen molar-refractivity contribution in [3.05, 3.63) is 41.3 Å². The third-order valence-corrected chi connectivity index (χ3v) is 4.44. The minimum Gasteiger partial charge on any atom is -0.481 e. The molecule has 8 nitrogen and oxygen atoms in total. The van der Waals surface area contributed by atoms with E-state index in [2.05, 4.69) is 32.8 Å². The van der Waals surface area contributed by atoms with Crippen LogP contribution in [0.15, 0.2) is 24.4 Å². The van der Waals surface area contributed by atoms with E-state index in [0.29, 0.717) is 19.0 Å². The van der Waals surface area contributed by atoms with E-state index in [1.54, 1.807) is 4.90 Å². The van der Waals surface area contributed by atoms with Crippen molar-refractivity contribution in [3.63, 3.8) is 0 Å². The highest BCUT2D eigenvalue weighted by molar-refractivity contribution is 5.92. The number of aryl methyl sites for hydroxylation is 1. The lowest BCUT2D eigenvalue weighted by atomic mass is 10.2. The van der Waals surface area contributed by atoms with Crippen LogP contribution in [0.3, 0.4) is 0 Å². The summed E-state index contributed by atoms with van der Waals surface area (Å²) in [6.45, 7) is 5.72. The van der Waals surface area contributed by atoms with E-state index in [1.807, 2.05) is 12.3 Å². The van der Waals surface area contributed by atoms with Crippen LogP contribution in [0.25, 0.3) is 0 Å². The molecular formula is C18H23N5O3. The van der Waals surface area contributed by atoms with E-state index < -0.39 is 0 Å². The standard InChI is InChI=1S/C18H23N5O3/c1-13-5-4-6-19-15(13)12-22-7-9-23(10-8-22)17(24)14-11-16(25-2)21-18(20-14)26-3/h4-6,11H,7-10,12H2,1-3H3. The summed E-state index contributed by atoms with van der Waals surface area (Å²) in [5.41, 5.74) is 2.55. The Kier molecular flexibility index (Phi) is 5.62. The summed E-state index contributed by atoms with van der Waals surface area (Å²) in [6, 6.07) is 5.67. The summed E-state index contributed by atoms with van der Waals surface area (Å²) in [7, 11) is 2.95. The van der Waals surface area contributed by atoms with Gasteiger partial charge in [-0.3, -0.25) is 14.7 Å². The van der Waals surface area contributed by atoms with Gasteiger partial charge >= 0.3 is 6.01 Å². The van der Waals surface area contributed by atoms with Crippen LogP contribution in [0, 0.1) is 6.92 Å². The van der Waals surface area contributed by atoms with Crippen molar-refractivity contribution in [2.45, 2.75) is 13.5 Å². The molecule has 0 aromatic carbocycles. The molecule has 1 aliphatic rings. The monoisotopic (exact) mass is 357 g/mol. The Hall–Kier alpha value is -2.74. The molecule has 1 fully saturated rings. The van der Waals surface area contributed by atoms with Gasteiger partial charge in [-0.15, -0.1) is 0 Å². The molecule has 3 heterocycles. The van der Waals surface area contributed by atoms with E-state index in [9.17, 15) is 4.79 Å². The average molecular weight is 357 g/mol. The van der Waals surface area contributed by atoms with Crippen LogP contribution in [0.5, 0.6) is 11.9 Å². The van der Waals surface area contributed by atoms with Crippen molar-refractivity contribution in [2.75, 3.05) is 40.4 Å². The van der Waals surface area contributed by atoms with Gasteiger partial charge in [0, 0.05) is 45.0 Å². The van der Waals surface area contributed by atoms with Crippen LogP contribution in [0.2, 0.25) is 0 Å². The predicted octanol–water partition coefficient (Wildman–Crippen LogP) is 1.16. The van der Waals surface area contributed by atoms with Gasteiger partial charge < -0.3 is 14.4 Å². The Bertz CT molecular complexity index is 753. The second-order valence-corrected chi connectivity index (χ2v) is 6.12. The lowest BCUT2D eigenvalue weighted by Gasteiger charge is -2.34. The number of aromatic nitrogens is 3. The molecule has 3 rings (SSSR count). The third-order valence-electron chi connectivity index (χ3n) is 4.44. The fraction of sp³-hybridized carbons (Fsp3) is 0.444. The third kappa shape index (κ3) is 4.08. The molecule has 0 unspecified atom stereocenters. The minimum atomic E-state index is -0.141. The summed E-state index contributed by atoms with van der Waals surface area (Å²) >= 11 is 0. The van der Waals surface area contributed by atoms with E-state index in [1.165, 1.54) is 25.8 Å². The molecule has 8 heteroatoms. The topological polar surface area (TPSA) is 80.7 Å². The Labute approximate surface area is 152 Å². The van der Waals surface area contributed by atoms with Crippen molar-refractivity contribution in [3.8, 4) is 11.9 Å². The highest BCUT2D eigenvalue weighted by atomic mass is 16.5. The van der Waals surface area contributed by atoms with E-state index in [-0.39, 0.29) is 17.6 Å². The van der Waals surface area contributed by atoms with Gasteiger partial charge in [0.15, 0.2) is 0 Å². The smallest absolute Gasteiger partial charge is 0.320 e. The number of piperazine rings is 1. The number of rotatable bonds is 5. The molecular weight excluding hydrogens is 334 g/mol. The molecule has 0 saturated carbocycles. The summed E-state index contributed by atoms with van der Waals surface area (Å²) in [5, 5.41) is 0. The summed E-state index contributed by atoms with van der Waals surface area (Å²) < 4.78 is 10.2. The molecule has 138 valence electrons. The van der Waals surface area contributed by atoms with Gasteiger partial charge in [0.25, 0.3) is 5.91 Å². The number of hydrogen-bond donors (Lipinski definition) is 0. The molecule has 1 amide bonds. The summed E-state index contributed by atoms with van der Waals surface area (Å²) in [5.74, 6) is 0.169. The molecule has 2 aromatic heterocycles. The van der Waals surface area contributed by atoms with Crippen molar-refractivity contribution in [1.29, 1.82) is 0 Å². The first-order valence-corrected chi connectivity index (χ1v) is 8.50. The van der Waals surface area contributed by atoms with E-state index in [0.717, 1.165) is 25.3 Å². The molecule has 1 aliphatic heterocycles. The lowest BCUT2D eigenvalue weighted by Crippen LogP contribution is -2.48. The van der Waals surface area contributed by atoms with Gasteiger partial charge in [-0.25, -0.2) is 0 Å². The zero-order valence-corrected chi connectivity index (χ0v) is 15.3. The van der Waals surface area contributed by atoms with Gasteiger partial charge in [0.1, 0.15) is 5.69 Å². The minimum absolute atomic E-state index is 0.122. The van der Waals surface area contributed by atoms with Gasteiger partial charge in [0.2, 0.25) is 5.88 Å². The number of nitrogens with zero attached hydrogens (tertiary/aromatic N) is 5. The number of amides is 1. The normalized spacial score (nSPS) is 15.0. The van der Waals surface area contributed by atoms with Gasteiger partial charge in [0.05, 0.1) is 19.9 Å². The molecule has 0 bridgehead atoms. The van der Waals surface area contributed by atoms with Crippen molar-refractivity contribution in [1.82, 2.24) is 24.8 Å². The van der Waals surface area contributed by atoms with Crippen LogP contribution in [0.4, 0.5) is 0 Å². The van der Waals surface area contributed by atoms with Crippen LogP contribution >= 0.6 is 0 Å². The first-order chi connectivity index (χ1) is 12.6. The largest absolute Gasteiger partial charge is 0.481 e. The molecule has 0 atom stereocenters. The Morgan fingerprint density at radius 2 is 1.92 bits per heavy atom. The number of hydrogen-bond acceptors (Lipinski definition) is 7. The Morgan fingerprint density at radius 3 is 2.58 bits per heavy atom. The van der Waals surface area contributed by atoms with Crippen LogP contribution in [-0.2, 0) is 6.54 Å². The maximum absolute atomic E-state index is 12.7. The zero-order valence-electron chi connectivity index (χ0n) is 15.3. The van der Waals surface area contributed by atoms with E-state index >= 15 is 0 Å². The quantitative estimate of drug-likeness (QED) is 0.794. The van der Waals surface area contributed by atoms with Crippen molar-refractivity contribution >= 4 is 5.91 Å². The number of pyridine rings is 1. The molecule has 1 saturated heterocycles. The van der Waals surface area contributed by atoms with Crippen LogP contribution in [0.1, 0.15) is 21.7 Å². The second-order valence-electron chi connectivity index (χ2n) is 6.12. The van der Waals surface area contributed by atoms with Gasteiger partial charge in [-0.2, -0.15) is 9.97 Å². The molecule has 0 aliphatic carbocycles. The van der Waals surface area contributed by atoms with E-state index in [4.69, 9.17) is 9.47 Å². The summed E-state index contributed by atoms with van der Waals surface area (Å²) in [4.78, 5) is 29.5. The molecule has 0 spiro atoms. The maximum atomic E-state index is 12.7. The Balaban J connectivity index is 1.63. The average Bonchev–Trinajstić information content (AvgIpc) is 2.69. The molecule has 26 heavy (non-hydrogen) atoms. The number of methoxy groups -OCH3 is 2. The highest BCUT2D eigenvalue weighted by Crippen LogP contribution is 2.16. The molecule has 0 radical (unpaired) electrons. The first-order valence-electron chi connectivity index (χ1n) is 8.50. The first kappa shape index (κ1) is 18.1. The number of carbonyl (C=O) groups is 1. The molecule has 0 N–H and O–H groups in total. The van der Waals surface area contributed by atoms with Crippen LogP contribution in [-0.4, -0.2) is 71.1 Å². The van der Waals surface area contributed by atoms with Gasteiger partial charge in [-0.1, -0.05) is 6.07 Å². The van der Waals surface area contributed by atoms with Crippen LogP contribution < -0.4 is 9.47 Å². The lowest BCUT2D eigenvalue weighted by molar-refractivity contribution is 0.0619. The zero-order chi connectivity index (χ0) is 18.5. The second kappa shape index (κ2) is 8.09. The summed E-state index contributed by atoms with van der Waals surface area (Å²) in [6.07, 6.45) is 1.82. The van der Waals surface area contributed by atoms with Crippen molar-refractivity contribution < 1.29 is 14.3 Å². The SMILES string of the molecule is COc1cc(C(=O)N2CCN(Cc3ncccc3C)CC2)nc(OC)n1. The maximum Gasteiger partial charge on any atom is 0.320 e. The number of ether oxygens (including phenoxy) is 2. The Morgan fingerprint density at radius 1 is 1.15 bits per heavy atom. The predicted molar refractivity (Wildman–Crippen MR) is 95.3 cm³/mol. The number of carbonyl (C=O) groups excluding carboxylic acids is 1. The fourth-order valence-corrected chi connectivity index (χ4v) is 2.88. The molecule has 2 aromatic rings. The van der Waals surface area contributed by atoms with Crippen molar-refractivity contribution in [2.24, 2.45) is 0 Å².